The summed E-state index contributed by atoms with van der Waals surface area (Å²) in [4.78, 5) is 22.7. The second kappa shape index (κ2) is 9.51. The normalized spacial score (nSPS) is 12.1. The summed E-state index contributed by atoms with van der Waals surface area (Å²) in [6.45, 7) is 4.40. The molecule has 1 aromatic rings. The third-order valence-electron chi connectivity index (χ3n) is 2.81. The Morgan fingerprint density at radius 2 is 2.00 bits per heavy atom. The Hall–Kier alpha value is -2.77. The molecule has 0 bridgehead atoms. The number of hydrazone groups is 1. The average Bonchev–Trinajstić information content (AvgIpc) is 2.53. The van der Waals surface area contributed by atoms with Crippen LogP contribution in [-0.2, 0) is 9.59 Å². The highest BCUT2D eigenvalue weighted by Gasteiger charge is 2.23. The van der Waals surface area contributed by atoms with Crippen LogP contribution in [0.5, 0.6) is 5.75 Å². The third-order valence-corrected chi connectivity index (χ3v) is 2.81. The lowest BCUT2D eigenvalue weighted by molar-refractivity contribution is -0.158. The maximum absolute atomic E-state index is 12.8. The van der Waals surface area contributed by atoms with Gasteiger partial charge in [0, 0.05) is 19.0 Å². The smallest absolute Gasteiger partial charge is 0.394 e. The van der Waals surface area contributed by atoms with Crippen molar-refractivity contribution in [2.24, 2.45) is 5.10 Å². The Morgan fingerprint density at radius 1 is 1.36 bits per heavy atom. The van der Waals surface area contributed by atoms with Crippen molar-refractivity contribution in [3.8, 4) is 5.75 Å². The van der Waals surface area contributed by atoms with Gasteiger partial charge in [-0.05, 0) is 44.2 Å². The van der Waals surface area contributed by atoms with E-state index in [1.165, 1.54) is 24.3 Å². The highest BCUT2D eigenvalue weighted by atomic mass is 19.3. The first-order chi connectivity index (χ1) is 11.8. The van der Waals surface area contributed by atoms with Crippen LogP contribution in [0.1, 0.15) is 26.3 Å². The zero-order chi connectivity index (χ0) is 18.9. The highest BCUT2D eigenvalue weighted by Crippen LogP contribution is 2.21. The molecule has 25 heavy (non-hydrogen) atoms. The standard InChI is InChI=1S/C17H21F2N3O3/c1-4-6-15(21-22(12-23)11-16(24)20-5-2)13-7-9-14(10-8-13)25-17(3,18)19/h4,6-10,12H,5,11H2,1-3H3,(H,20,24)/b6-4-,21-15+. The van der Waals surface area contributed by atoms with Gasteiger partial charge in [0.25, 0.3) is 0 Å². The van der Waals surface area contributed by atoms with Crippen LogP contribution >= 0.6 is 0 Å². The molecule has 0 spiro atoms. The second-order valence-corrected chi connectivity index (χ2v) is 5.08. The summed E-state index contributed by atoms with van der Waals surface area (Å²) in [5.41, 5.74) is 0.973. The van der Waals surface area contributed by atoms with Gasteiger partial charge in [-0.2, -0.15) is 13.9 Å². The summed E-state index contributed by atoms with van der Waals surface area (Å²) >= 11 is 0. The van der Waals surface area contributed by atoms with Gasteiger partial charge in [-0.1, -0.05) is 6.08 Å². The van der Waals surface area contributed by atoms with Crippen molar-refractivity contribution in [3.05, 3.63) is 42.0 Å². The Morgan fingerprint density at radius 3 is 2.48 bits per heavy atom. The molecular formula is C17H21F2N3O3. The van der Waals surface area contributed by atoms with Crippen LogP contribution in [-0.4, -0.2) is 42.2 Å². The first-order valence-electron chi connectivity index (χ1n) is 7.66. The number of hydrogen-bond acceptors (Lipinski definition) is 4. The molecule has 0 saturated heterocycles. The molecule has 0 aliphatic carbocycles. The molecule has 2 amide bonds. The van der Waals surface area contributed by atoms with Gasteiger partial charge in [-0.3, -0.25) is 9.59 Å². The lowest BCUT2D eigenvalue weighted by Gasteiger charge is -2.14. The molecule has 0 radical (unpaired) electrons. The van der Waals surface area contributed by atoms with Crippen molar-refractivity contribution in [3.63, 3.8) is 0 Å². The minimum Gasteiger partial charge on any atom is -0.433 e. The number of alkyl halides is 2. The number of halogens is 2. The molecule has 8 heteroatoms. The fraction of sp³-hybridized carbons (Fsp3) is 0.353. The highest BCUT2D eigenvalue weighted by molar-refractivity contribution is 6.08. The second-order valence-electron chi connectivity index (χ2n) is 5.08. The van der Waals surface area contributed by atoms with E-state index in [0.29, 0.717) is 31.2 Å². The Kier molecular flexibility index (Phi) is 7.71. The molecule has 0 aromatic heterocycles. The maximum atomic E-state index is 12.8. The van der Waals surface area contributed by atoms with Crippen molar-refractivity contribution in [2.45, 2.75) is 26.9 Å². The number of likely N-dealkylation sites (N-methyl/N-ethyl adjacent to an activating group) is 1. The van der Waals surface area contributed by atoms with E-state index in [1.54, 1.807) is 26.0 Å². The quantitative estimate of drug-likeness (QED) is 0.421. The summed E-state index contributed by atoms with van der Waals surface area (Å²) in [5, 5.41) is 7.66. The number of carbonyl (C=O) groups is 2. The van der Waals surface area contributed by atoms with E-state index < -0.39 is 6.11 Å². The van der Waals surface area contributed by atoms with Gasteiger partial charge in [-0.25, -0.2) is 5.01 Å². The van der Waals surface area contributed by atoms with Gasteiger partial charge in [0.1, 0.15) is 12.3 Å². The number of nitrogens with zero attached hydrogens (tertiary/aromatic N) is 2. The van der Waals surface area contributed by atoms with Crippen LogP contribution in [0.4, 0.5) is 8.78 Å². The van der Waals surface area contributed by atoms with Gasteiger partial charge < -0.3 is 10.1 Å². The first-order valence-corrected chi connectivity index (χ1v) is 7.66. The molecular weight excluding hydrogens is 332 g/mol. The average molecular weight is 353 g/mol. The fourth-order valence-corrected chi connectivity index (χ4v) is 1.88. The summed E-state index contributed by atoms with van der Waals surface area (Å²) in [6.07, 6.45) is 0.508. The van der Waals surface area contributed by atoms with Crippen LogP contribution in [0.25, 0.3) is 0 Å². The lowest BCUT2D eigenvalue weighted by atomic mass is 10.1. The Balaban J connectivity index is 3.01. The molecule has 0 aliphatic heterocycles. The largest absolute Gasteiger partial charge is 0.433 e. The molecule has 0 unspecified atom stereocenters. The predicted molar refractivity (Wildman–Crippen MR) is 90.5 cm³/mol. The van der Waals surface area contributed by atoms with E-state index in [1.807, 2.05) is 0 Å². The molecule has 0 heterocycles. The summed E-state index contributed by atoms with van der Waals surface area (Å²) in [7, 11) is 0. The number of allylic oxidation sites excluding steroid dienone is 2. The van der Waals surface area contributed by atoms with E-state index in [0.717, 1.165) is 5.01 Å². The van der Waals surface area contributed by atoms with E-state index in [2.05, 4.69) is 15.2 Å². The zero-order valence-corrected chi connectivity index (χ0v) is 14.3. The maximum Gasteiger partial charge on any atom is 0.394 e. The molecule has 1 aromatic carbocycles. The van der Waals surface area contributed by atoms with E-state index >= 15 is 0 Å². The van der Waals surface area contributed by atoms with Gasteiger partial charge in [0.05, 0.1) is 5.71 Å². The van der Waals surface area contributed by atoms with Crippen molar-refractivity contribution in [1.29, 1.82) is 0 Å². The lowest BCUT2D eigenvalue weighted by Crippen LogP contribution is -2.34. The molecule has 0 aliphatic rings. The number of nitrogens with one attached hydrogen (secondary N) is 1. The van der Waals surface area contributed by atoms with Crippen LogP contribution in [0.15, 0.2) is 41.5 Å². The number of benzene rings is 1. The SMILES string of the molecule is C/C=C\C(=N/N(C=O)CC(=O)NCC)c1ccc(OC(C)(F)F)cc1. The molecule has 1 rings (SSSR count). The molecule has 0 atom stereocenters. The van der Waals surface area contributed by atoms with Crippen molar-refractivity contribution in [1.82, 2.24) is 10.3 Å². The third kappa shape index (κ3) is 7.56. The summed E-state index contributed by atoms with van der Waals surface area (Å²) in [6, 6.07) is 5.83. The minimum atomic E-state index is -3.28. The van der Waals surface area contributed by atoms with E-state index in [4.69, 9.17) is 0 Å². The summed E-state index contributed by atoms with van der Waals surface area (Å²) < 4.78 is 30.2. The number of rotatable bonds is 9. The van der Waals surface area contributed by atoms with Gasteiger partial charge >= 0.3 is 6.11 Å². The molecule has 1 N–H and O–H groups in total. The van der Waals surface area contributed by atoms with Gasteiger partial charge in [-0.15, -0.1) is 0 Å². The van der Waals surface area contributed by atoms with E-state index in [-0.39, 0.29) is 18.2 Å². The summed E-state index contributed by atoms with van der Waals surface area (Å²) in [5.74, 6) is -0.335. The van der Waals surface area contributed by atoms with Crippen LogP contribution < -0.4 is 10.1 Å². The molecule has 6 nitrogen and oxygen atoms in total. The van der Waals surface area contributed by atoms with Crippen molar-refractivity contribution < 1.29 is 23.1 Å². The number of amides is 2. The van der Waals surface area contributed by atoms with Crippen LogP contribution in [0.2, 0.25) is 0 Å². The molecule has 0 saturated carbocycles. The Bertz CT molecular complexity index is 638. The molecule has 0 fully saturated rings. The first kappa shape index (κ1) is 20.3. The van der Waals surface area contributed by atoms with Crippen LogP contribution in [0.3, 0.4) is 0 Å². The van der Waals surface area contributed by atoms with E-state index in [9.17, 15) is 18.4 Å². The fourth-order valence-electron chi connectivity index (χ4n) is 1.88. The minimum absolute atomic E-state index is 0.00523. The zero-order valence-electron chi connectivity index (χ0n) is 14.3. The topological polar surface area (TPSA) is 71.0 Å². The number of ether oxygens (including phenoxy) is 1. The van der Waals surface area contributed by atoms with Crippen LogP contribution in [0, 0.1) is 0 Å². The monoisotopic (exact) mass is 353 g/mol. The number of carbonyl (C=O) groups excluding carboxylic acids is 2. The van der Waals surface area contributed by atoms with Gasteiger partial charge in [0.2, 0.25) is 12.3 Å². The van der Waals surface area contributed by atoms with Gasteiger partial charge in [0.15, 0.2) is 0 Å². The molecule has 136 valence electrons. The van der Waals surface area contributed by atoms with Crippen molar-refractivity contribution >= 4 is 18.0 Å². The predicted octanol–water partition coefficient (Wildman–Crippen LogP) is 2.55. The van der Waals surface area contributed by atoms with Crippen molar-refractivity contribution in [2.75, 3.05) is 13.1 Å². The number of hydrogen-bond donors (Lipinski definition) is 1. The Labute approximate surface area is 145 Å².